The van der Waals surface area contributed by atoms with Crippen molar-refractivity contribution in [3.63, 3.8) is 0 Å². The zero-order chi connectivity index (χ0) is 13.4. The van der Waals surface area contributed by atoms with E-state index >= 15 is 0 Å². The Morgan fingerprint density at radius 3 is 2.61 bits per heavy atom. The average Bonchev–Trinajstić information content (AvgIpc) is 2.83. The molecule has 1 aliphatic heterocycles. The van der Waals surface area contributed by atoms with Crippen LogP contribution in [0, 0.1) is 0 Å². The molecule has 2 N–H and O–H groups in total. The number of carbonyl (C=O) groups excluding carboxylic acids is 2. The van der Waals surface area contributed by atoms with Crippen molar-refractivity contribution in [2.75, 3.05) is 26.2 Å². The van der Waals surface area contributed by atoms with E-state index in [4.69, 9.17) is 0 Å². The predicted molar refractivity (Wildman–Crippen MR) is 71.2 cm³/mol. The fourth-order valence-electron chi connectivity index (χ4n) is 2.27. The lowest BCUT2D eigenvalue weighted by atomic mass is 10.1. The molecule has 5 heteroatoms. The number of hydrogen-bond donors (Lipinski definition) is 2. The van der Waals surface area contributed by atoms with Crippen molar-refractivity contribution in [3.05, 3.63) is 0 Å². The van der Waals surface area contributed by atoms with Crippen LogP contribution in [-0.4, -0.2) is 48.9 Å². The highest BCUT2D eigenvalue weighted by molar-refractivity contribution is 5.79. The quantitative estimate of drug-likeness (QED) is 0.696. The summed E-state index contributed by atoms with van der Waals surface area (Å²) in [6.07, 6.45) is 3.15. The second-order valence-electron chi connectivity index (χ2n) is 4.66. The van der Waals surface area contributed by atoms with Crippen LogP contribution in [0.25, 0.3) is 0 Å². The van der Waals surface area contributed by atoms with E-state index in [0.29, 0.717) is 25.4 Å². The van der Waals surface area contributed by atoms with Gasteiger partial charge in [0.1, 0.15) is 0 Å². The average molecular weight is 255 g/mol. The van der Waals surface area contributed by atoms with Gasteiger partial charge in [0.2, 0.25) is 11.8 Å². The molecule has 0 aromatic carbocycles. The minimum Gasteiger partial charge on any atom is -0.356 e. The van der Waals surface area contributed by atoms with Crippen LogP contribution >= 0.6 is 0 Å². The van der Waals surface area contributed by atoms with Crippen LogP contribution in [0.5, 0.6) is 0 Å². The number of hydrogen-bond acceptors (Lipinski definition) is 3. The lowest BCUT2D eigenvalue weighted by molar-refractivity contribution is -0.130. The molecule has 0 aliphatic carbocycles. The van der Waals surface area contributed by atoms with Gasteiger partial charge in [0.25, 0.3) is 0 Å². The molecular formula is C13H25N3O2. The first-order valence-corrected chi connectivity index (χ1v) is 6.95. The van der Waals surface area contributed by atoms with Gasteiger partial charge in [0.05, 0.1) is 0 Å². The molecule has 0 aromatic rings. The van der Waals surface area contributed by atoms with Crippen molar-refractivity contribution >= 4 is 11.8 Å². The van der Waals surface area contributed by atoms with E-state index in [0.717, 1.165) is 32.5 Å². The van der Waals surface area contributed by atoms with Gasteiger partial charge in [-0.25, -0.2) is 0 Å². The molecule has 1 heterocycles. The molecule has 0 bridgehead atoms. The molecule has 1 atom stereocenters. The van der Waals surface area contributed by atoms with Crippen molar-refractivity contribution in [2.45, 2.75) is 45.6 Å². The maximum absolute atomic E-state index is 11.7. The highest BCUT2D eigenvalue weighted by Crippen LogP contribution is 2.08. The van der Waals surface area contributed by atoms with Crippen molar-refractivity contribution in [3.8, 4) is 0 Å². The van der Waals surface area contributed by atoms with E-state index in [1.165, 1.54) is 0 Å². The Morgan fingerprint density at radius 1 is 1.33 bits per heavy atom. The van der Waals surface area contributed by atoms with Crippen LogP contribution in [0.2, 0.25) is 0 Å². The van der Waals surface area contributed by atoms with Gasteiger partial charge in [-0.15, -0.1) is 0 Å². The molecule has 2 amide bonds. The summed E-state index contributed by atoms with van der Waals surface area (Å²) in [6, 6.07) is 0.323. The van der Waals surface area contributed by atoms with Gasteiger partial charge in [0.15, 0.2) is 0 Å². The van der Waals surface area contributed by atoms with Crippen molar-refractivity contribution in [1.82, 2.24) is 15.5 Å². The Labute approximate surface area is 109 Å². The van der Waals surface area contributed by atoms with E-state index in [9.17, 15) is 9.59 Å². The maximum Gasteiger partial charge on any atom is 0.224 e. The van der Waals surface area contributed by atoms with Crippen LogP contribution in [0.4, 0.5) is 0 Å². The summed E-state index contributed by atoms with van der Waals surface area (Å²) in [5.74, 6) is 0.154. The zero-order valence-electron chi connectivity index (χ0n) is 11.5. The monoisotopic (exact) mass is 255 g/mol. The van der Waals surface area contributed by atoms with Gasteiger partial charge in [-0.2, -0.15) is 0 Å². The molecule has 1 unspecified atom stereocenters. The summed E-state index contributed by atoms with van der Waals surface area (Å²) in [7, 11) is 0. The SMILES string of the molecule is CCN(CC)C(=O)CCNC(=O)CC1CCCN1. The minimum absolute atomic E-state index is 0.0433. The van der Waals surface area contributed by atoms with Crippen LogP contribution in [0.15, 0.2) is 0 Å². The minimum atomic E-state index is 0.0433. The first-order chi connectivity index (χ1) is 8.67. The second-order valence-corrected chi connectivity index (χ2v) is 4.66. The fraction of sp³-hybridized carbons (Fsp3) is 0.846. The molecule has 0 spiro atoms. The summed E-state index contributed by atoms with van der Waals surface area (Å²) in [6.45, 7) is 6.85. The Balaban J connectivity index is 2.12. The molecule has 104 valence electrons. The fourth-order valence-corrected chi connectivity index (χ4v) is 2.27. The van der Waals surface area contributed by atoms with Crippen molar-refractivity contribution < 1.29 is 9.59 Å². The Hall–Kier alpha value is -1.10. The summed E-state index contributed by atoms with van der Waals surface area (Å²) < 4.78 is 0. The number of nitrogens with one attached hydrogen (secondary N) is 2. The van der Waals surface area contributed by atoms with Crippen LogP contribution in [0.3, 0.4) is 0 Å². The third kappa shape index (κ3) is 5.04. The maximum atomic E-state index is 11.7. The first-order valence-electron chi connectivity index (χ1n) is 6.95. The number of rotatable bonds is 7. The van der Waals surface area contributed by atoms with E-state index in [1.807, 2.05) is 13.8 Å². The third-order valence-corrected chi connectivity index (χ3v) is 3.37. The largest absolute Gasteiger partial charge is 0.356 e. The lowest BCUT2D eigenvalue weighted by Gasteiger charge is -2.18. The van der Waals surface area contributed by atoms with E-state index in [2.05, 4.69) is 10.6 Å². The van der Waals surface area contributed by atoms with Gasteiger partial charge in [-0.1, -0.05) is 0 Å². The molecule has 1 fully saturated rings. The van der Waals surface area contributed by atoms with Crippen LogP contribution in [-0.2, 0) is 9.59 Å². The molecule has 18 heavy (non-hydrogen) atoms. The van der Waals surface area contributed by atoms with Gasteiger partial charge >= 0.3 is 0 Å². The molecule has 1 rings (SSSR count). The number of amides is 2. The number of carbonyl (C=O) groups is 2. The molecule has 1 saturated heterocycles. The Kier molecular flexibility index (Phi) is 6.72. The Bertz CT molecular complexity index is 271. The van der Waals surface area contributed by atoms with Gasteiger partial charge < -0.3 is 15.5 Å². The summed E-state index contributed by atoms with van der Waals surface area (Å²) in [5.41, 5.74) is 0. The van der Waals surface area contributed by atoms with E-state index in [-0.39, 0.29) is 11.8 Å². The molecular weight excluding hydrogens is 230 g/mol. The topological polar surface area (TPSA) is 61.4 Å². The second kappa shape index (κ2) is 8.08. The normalized spacial score (nSPS) is 18.7. The summed E-state index contributed by atoms with van der Waals surface area (Å²) in [5, 5.41) is 6.10. The van der Waals surface area contributed by atoms with E-state index in [1.54, 1.807) is 4.90 Å². The highest BCUT2D eigenvalue weighted by Gasteiger charge is 2.17. The highest BCUT2D eigenvalue weighted by atomic mass is 16.2. The van der Waals surface area contributed by atoms with Crippen LogP contribution < -0.4 is 10.6 Å². The molecule has 1 aliphatic rings. The standard InChI is InChI=1S/C13H25N3O2/c1-3-16(4-2)13(18)7-9-15-12(17)10-11-6-5-8-14-11/h11,14H,3-10H2,1-2H3,(H,15,17). The number of nitrogens with zero attached hydrogens (tertiary/aromatic N) is 1. The summed E-state index contributed by atoms with van der Waals surface area (Å²) in [4.78, 5) is 25.1. The third-order valence-electron chi connectivity index (χ3n) is 3.37. The first kappa shape index (κ1) is 15.0. The lowest BCUT2D eigenvalue weighted by Crippen LogP contribution is -2.36. The van der Waals surface area contributed by atoms with Crippen molar-refractivity contribution in [1.29, 1.82) is 0 Å². The van der Waals surface area contributed by atoms with Crippen molar-refractivity contribution in [2.24, 2.45) is 0 Å². The Morgan fingerprint density at radius 2 is 2.06 bits per heavy atom. The molecule has 5 nitrogen and oxygen atoms in total. The molecule has 0 aromatic heterocycles. The smallest absolute Gasteiger partial charge is 0.224 e. The molecule has 0 radical (unpaired) electrons. The van der Waals surface area contributed by atoms with Gasteiger partial charge in [0, 0.05) is 38.5 Å². The summed E-state index contributed by atoms with van der Waals surface area (Å²) >= 11 is 0. The van der Waals surface area contributed by atoms with Gasteiger partial charge in [-0.05, 0) is 33.2 Å². The van der Waals surface area contributed by atoms with Gasteiger partial charge in [-0.3, -0.25) is 9.59 Å². The van der Waals surface area contributed by atoms with Crippen LogP contribution in [0.1, 0.15) is 39.5 Å². The zero-order valence-corrected chi connectivity index (χ0v) is 11.5. The predicted octanol–water partition coefficient (Wildman–Crippen LogP) is 0.503. The van der Waals surface area contributed by atoms with E-state index < -0.39 is 0 Å². The molecule has 0 saturated carbocycles.